The molecule has 0 bridgehead atoms. The third-order valence-electron chi connectivity index (χ3n) is 3.47. The van der Waals surface area contributed by atoms with E-state index in [-0.39, 0.29) is 11.5 Å². The number of ketones is 1. The highest BCUT2D eigenvalue weighted by atomic mass is 19.4. The van der Waals surface area contributed by atoms with Gasteiger partial charge in [-0.25, -0.2) is 4.79 Å². The maximum absolute atomic E-state index is 12.5. The molecule has 0 saturated carbocycles. The second-order valence-corrected chi connectivity index (χ2v) is 5.16. The van der Waals surface area contributed by atoms with Gasteiger partial charge in [-0.05, 0) is 42.0 Å². The molecule has 0 aliphatic carbocycles. The number of aromatic amines is 2. The zero-order valence-corrected chi connectivity index (χ0v) is 12.1. The molecule has 122 valence electrons. The van der Waals surface area contributed by atoms with Crippen LogP contribution in [0.15, 0.2) is 53.3 Å². The van der Waals surface area contributed by atoms with Crippen molar-refractivity contribution < 1.29 is 18.0 Å². The van der Waals surface area contributed by atoms with Crippen LogP contribution in [0.1, 0.15) is 21.5 Å². The summed E-state index contributed by atoms with van der Waals surface area (Å²) < 4.78 is 37.5. The monoisotopic (exact) mass is 332 g/mol. The van der Waals surface area contributed by atoms with Gasteiger partial charge in [-0.3, -0.25) is 4.79 Å². The SMILES string of the molecule is O=C(/C=C/c1ccc(C(F)(F)F)cc1)c1ccc2[nH]c(=O)[nH]c2c1. The third-order valence-corrected chi connectivity index (χ3v) is 3.47. The number of allylic oxidation sites excluding steroid dienone is 1. The molecule has 0 unspecified atom stereocenters. The van der Waals surface area contributed by atoms with Crippen LogP contribution >= 0.6 is 0 Å². The first-order valence-corrected chi connectivity index (χ1v) is 6.95. The molecule has 0 saturated heterocycles. The van der Waals surface area contributed by atoms with Crippen LogP contribution in [0.3, 0.4) is 0 Å². The predicted octanol–water partition coefficient (Wildman–Crippen LogP) is 3.77. The lowest BCUT2D eigenvalue weighted by atomic mass is 10.1. The molecule has 1 heterocycles. The van der Waals surface area contributed by atoms with Crippen LogP contribution in [0, 0.1) is 0 Å². The fourth-order valence-electron chi connectivity index (χ4n) is 2.24. The van der Waals surface area contributed by atoms with Crippen molar-refractivity contribution in [2.45, 2.75) is 6.18 Å². The van der Waals surface area contributed by atoms with Gasteiger partial charge >= 0.3 is 11.9 Å². The van der Waals surface area contributed by atoms with Crippen molar-refractivity contribution in [1.29, 1.82) is 0 Å². The van der Waals surface area contributed by atoms with Gasteiger partial charge in [-0.15, -0.1) is 0 Å². The van der Waals surface area contributed by atoms with Crippen LogP contribution in [0.4, 0.5) is 13.2 Å². The molecule has 0 radical (unpaired) electrons. The van der Waals surface area contributed by atoms with E-state index in [1.54, 1.807) is 12.1 Å². The summed E-state index contributed by atoms with van der Waals surface area (Å²) in [6.45, 7) is 0. The van der Waals surface area contributed by atoms with Crippen molar-refractivity contribution in [2.24, 2.45) is 0 Å². The molecule has 0 spiro atoms. The summed E-state index contributed by atoms with van der Waals surface area (Å²) in [5, 5.41) is 0. The minimum Gasteiger partial charge on any atom is -0.306 e. The van der Waals surface area contributed by atoms with E-state index >= 15 is 0 Å². The normalized spacial score (nSPS) is 12.1. The van der Waals surface area contributed by atoms with Crippen molar-refractivity contribution >= 4 is 22.9 Å². The van der Waals surface area contributed by atoms with Gasteiger partial charge in [-0.2, -0.15) is 13.2 Å². The van der Waals surface area contributed by atoms with Crippen molar-refractivity contribution in [3.05, 3.63) is 75.7 Å². The molecule has 0 amide bonds. The topological polar surface area (TPSA) is 65.7 Å². The lowest BCUT2D eigenvalue weighted by molar-refractivity contribution is -0.137. The van der Waals surface area contributed by atoms with Crippen LogP contribution in [-0.2, 0) is 6.18 Å². The van der Waals surface area contributed by atoms with Crippen molar-refractivity contribution in [1.82, 2.24) is 9.97 Å². The molecule has 0 aliphatic heterocycles. The summed E-state index contributed by atoms with van der Waals surface area (Å²) in [6.07, 6.45) is -1.68. The predicted molar refractivity (Wildman–Crippen MR) is 83.7 cm³/mol. The molecule has 24 heavy (non-hydrogen) atoms. The molecular weight excluding hydrogens is 321 g/mol. The fraction of sp³-hybridized carbons (Fsp3) is 0.0588. The van der Waals surface area contributed by atoms with E-state index in [9.17, 15) is 22.8 Å². The Morgan fingerprint density at radius 1 is 0.958 bits per heavy atom. The molecule has 2 aromatic carbocycles. The highest BCUT2D eigenvalue weighted by Gasteiger charge is 2.29. The molecule has 0 fully saturated rings. The summed E-state index contributed by atoms with van der Waals surface area (Å²) in [6, 6.07) is 9.20. The minimum atomic E-state index is -4.39. The van der Waals surface area contributed by atoms with Gasteiger partial charge in [0.05, 0.1) is 16.6 Å². The van der Waals surface area contributed by atoms with E-state index in [4.69, 9.17) is 0 Å². The number of H-pyrrole nitrogens is 2. The van der Waals surface area contributed by atoms with Gasteiger partial charge in [0.2, 0.25) is 0 Å². The molecule has 0 aliphatic rings. The number of alkyl halides is 3. The van der Waals surface area contributed by atoms with Crippen LogP contribution in [-0.4, -0.2) is 15.8 Å². The second kappa shape index (κ2) is 5.84. The number of halogens is 3. The number of fused-ring (bicyclic) bond motifs is 1. The van der Waals surface area contributed by atoms with Crippen molar-refractivity contribution in [3.8, 4) is 0 Å². The smallest absolute Gasteiger partial charge is 0.306 e. The Hall–Kier alpha value is -3.09. The highest BCUT2D eigenvalue weighted by Crippen LogP contribution is 2.29. The number of hydrogen-bond acceptors (Lipinski definition) is 2. The van der Waals surface area contributed by atoms with Gasteiger partial charge in [0, 0.05) is 5.56 Å². The van der Waals surface area contributed by atoms with E-state index in [2.05, 4.69) is 9.97 Å². The average Bonchev–Trinajstić information content (AvgIpc) is 2.91. The molecule has 3 rings (SSSR count). The van der Waals surface area contributed by atoms with Gasteiger partial charge in [0.15, 0.2) is 5.78 Å². The zero-order chi connectivity index (χ0) is 17.3. The Kier molecular flexibility index (Phi) is 3.84. The Morgan fingerprint density at radius 3 is 2.29 bits per heavy atom. The highest BCUT2D eigenvalue weighted by molar-refractivity contribution is 6.08. The maximum Gasteiger partial charge on any atom is 0.416 e. The summed E-state index contributed by atoms with van der Waals surface area (Å²) in [7, 11) is 0. The molecule has 3 aromatic rings. The largest absolute Gasteiger partial charge is 0.416 e. The number of benzene rings is 2. The number of hydrogen-bond donors (Lipinski definition) is 2. The Labute approximate surface area is 133 Å². The first kappa shape index (κ1) is 15.8. The van der Waals surface area contributed by atoms with E-state index in [1.807, 2.05) is 0 Å². The number of rotatable bonds is 3. The molecule has 7 heteroatoms. The quantitative estimate of drug-likeness (QED) is 0.566. The third kappa shape index (κ3) is 3.29. The van der Waals surface area contributed by atoms with E-state index < -0.39 is 11.7 Å². The van der Waals surface area contributed by atoms with Crippen LogP contribution < -0.4 is 5.69 Å². The molecule has 4 nitrogen and oxygen atoms in total. The second-order valence-electron chi connectivity index (χ2n) is 5.16. The zero-order valence-electron chi connectivity index (χ0n) is 12.1. The van der Waals surface area contributed by atoms with Gasteiger partial charge in [0.25, 0.3) is 0 Å². The first-order chi connectivity index (χ1) is 11.3. The van der Waals surface area contributed by atoms with E-state index in [1.165, 1.54) is 30.4 Å². The van der Waals surface area contributed by atoms with E-state index in [0.29, 0.717) is 22.2 Å². The standard InChI is InChI=1S/C17H11F3N2O2/c18-17(19,20)12-5-1-10(2-6-12)3-8-15(23)11-4-7-13-14(9-11)22-16(24)21-13/h1-9H,(H2,21,22,24)/b8-3+. The number of aromatic nitrogens is 2. The van der Waals surface area contributed by atoms with Gasteiger partial charge in [-0.1, -0.05) is 18.2 Å². The average molecular weight is 332 g/mol. The first-order valence-electron chi connectivity index (χ1n) is 6.95. The number of carbonyl (C=O) groups excluding carboxylic acids is 1. The lowest BCUT2D eigenvalue weighted by Crippen LogP contribution is -2.04. The number of nitrogens with one attached hydrogen (secondary N) is 2. The summed E-state index contributed by atoms with van der Waals surface area (Å²) in [4.78, 5) is 28.4. The summed E-state index contributed by atoms with van der Waals surface area (Å²) in [5.74, 6) is -0.321. The van der Waals surface area contributed by atoms with Crippen molar-refractivity contribution in [2.75, 3.05) is 0 Å². The Bertz CT molecular complexity index is 979. The van der Waals surface area contributed by atoms with Crippen LogP contribution in [0.25, 0.3) is 17.1 Å². The van der Waals surface area contributed by atoms with Gasteiger partial charge < -0.3 is 9.97 Å². The fourth-order valence-corrected chi connectivity index (χ4v) is 2.24. The molecule has 2 N–H and O–H groups in total. The number of imidazole rings is 1. The molecule has 1 aromatic heterocycles. The van der Waals surface area contributed by atoms with Crippen LogP contribution in [0.2, 0.25) is 0 Å². The minimum absolute atomic E-state index is 0.321. The van der Waals surface area contributed by atoms with Crippen molar-refractivity contribution in [3.63, 3.8) is 0 Å². The van der Waals surface area contributed by atoms with Gasteiger partial charge in [0.1, 0.15) is 0 Å². The van der Waals surface area contributed by atoms with Crippen LogP contribution in [0.5, 0.6) is 0 Å². The van der Waals surface area contributed by atoms with E-state index in [0.717, 1.165) is 12.1 Å². The molecular formula is C17H11F3N2O2. The Balaban J connectivity index is 1.79. The number of carbonyl (C=O) groups is 1. The summed E-state index contributed by atoms with van der Waals surface area (Å²) in [5.41, 5.74) is 0.827. The lowest BCUT2D eigenvalue weighted by Gasteiger charge is -2.05. The maximum atomic E-state index is 12.5. The Morgan fingerprint density at radius 2 is 1.62 bits per heavy atom. The molecule has 0 atom stereocenters. The summed E-state index contributed by atoms with van der Waals surface area (Å²) >= 11 is 0.